The van der Waals surface area contributed by atoms with E-state index in [0.29, 0.717) is 30.4 Å². The lowest BCUT2D eigenvalue weighted by atomic mass is 9.51. The fourth-order valence-corrected chi connectivity index (χ4v) is 8.51. The van der Waals surface area contributed by atoms with Crippen LogP contribution in [0.15, 0.2) is 71.3 Å². The molecule has 6 rings (SSSR count). The monoisotopic (exact) mass is 549 g/mol. The largest absolute Gasteiger partial charge is 0.478 e. The lowest BCUT2D eigenvalue weighted by Crippen LogP contribution is -2.51. The van der Waals surface area contributed by atoms with E-state index in [1.165, 1.54) is 22.3 Å². The minimum Gasteiger partial charge on any atom is -0.478 e. The van der Waals surface area contributed by atoms with Crippen LogP contribution in [0.4, 0.5) is 5.69 Å². The van der Waals surface area contributed by atoms with Crippen molar-refractivity contribution in [3.63, 3.8) is 0 Å². The van der Waals surface area contributed by atoms with E-state index in [1.54, 1.807) is 18.2 Å². The molecule has 2 N–H and O–H groups in total. The molecule has 2 saturated carbocycles. The summed E-state index contributed by atoms with van der Waals surface area (Å²) in [5.74, 6) is 6.56. The lowest BCUT2D eigenvalue weighted by molar-refractivity contribution is -0.114. The average Bonchev–Trinajstić information content (AvgIpc) is 3.22. The van der Waals surface area contributed by atoms with Crippen molar-refractivity contribution in [2.45, 2.75) is 76.9 Å². The summed E-state index contributed by atoms with van der Waals surface area (Å²) in [5, 5.41) is 21.2. The van der Waals surface area contributed by atoms with Gasteiger partial charge in [-0.1, -0.05) is 42.7 Å². The predicted octanol–water partition coefficient (Wildman–Crippen LogP) is 6.68. The first-order chi connectivity index (χ1) is 19.6. The molecule has 0 saturated heterocycles. The predicted molar refractivity (Wildman–Crippen MR) is 161 cm³/mol. The molecule has 0 spiro atoms. The fraction of sp³-hybridized carbons (Fsp3) is 0.444. The Kier molecular flexibility index (Phi) is 6.94. The smallest absolute Gasteiger partial charge is 0.335 e. The van der Waals surface area contributed by atoms with Gasteiger partial charge in [0.25, 0.3) is 0 Å². The summed E-state index contributed by atoms with van der Waals surface area (Å²) >= 11 is 0. The number of aliphatic hydroxyl groups is 1. The quantitative estimate of drug-likeness (QED) is 0.407. The molecule has 5 heteroatoms. The maximum absolute atomic E-state index is 12.3. The number of carboxylic acids is 1. The van der Waals surface area contributed by atoms with Crippen LogP contribution in [0.1, 0.15) is 86.2 Å². The molecule has 2 aromatic carbocycles. The maximum atomic E-state index is 12.3. The third-order valence-corrected chi connectivity index (χ3v) is 10.5. The van der Waals surface area contributed by atoms with Crippen molar-refractivity contribution in [3.8, 4) is 11.8 Å². The van der Waals surface area contributed by atoms with Crippen LogP contribution in [-0.2, 0) is 11.3 Å². The Morgan fingerprint density at radius 2 is 1.88 bits per heavy atom. The summed E-state index contributed by atoms with van der Waals surface area (Å²) < 4.78 is 0. The lowest BCUT2D eigenvalue weighted by Gasteiger charge is -2.53. The SMILES string of the molecule is CC#C[C@]1(O)CC[C@H]2[C@@H]3CCC4=CC(=O)CCC4=C3[C@@H](c3ccc(N(C)Cc4cccc(C(=O)O)c4)cc3)C[C@@]21C. The van der Waals surface area contributed by atoms with Crippen molar-refractivity contribution in [1.82, 2.24) is 0 Å². The number of ketones is 1. The highest BCUT2D eigenvalue weighted by Crippen LogP contribution is 2.66. The molecule has 0 radical (unpaired) electrons. The molecule has 2 aromatic rings. The second-order valence-electron chi connectivity index (χ2n) is 12.7. The van der Waals surface area contributed by atoms with E-state index >= 15 is 0 Å². The molecule has 4 aliphatic rings. The second kappa shape index (κ2) is 10.3. The summed E-state index contributed by atoms with van der Waals surface area (Å²) in [4.78, 5) is 25.9. The van der Waals surface area contributed by atoms with E-state index in [9.17, 15) is 19.8 Å². The molecule has 2 fully saturated rings. The van der Waals surface area contributed by atoms with Crippen LogP contribution in [0.3, 0.4) is 0 Å². The van der Waals surface area contributed by atoms with Gasteiger partial charge in [0.05, 0.1) is 5.56 Å². The van der Waals surface area contributed by atoms with Gasteiger partial charge < -0.3 is 15.1 Å². The molecule has 41 heavy (non-hydrogen) atoms. The molecule has 0 amide bonds. The number of hydrogen-bond acceptors (Lipinski definition) is 4. The van der Waals surface area contributed by atoms with Gasteiger partial charge in [0.2, 0.25) is 0 Å². The zero-order valence-corrected chi connectivity index (χ0v) is 24.2. The number of anilines is 1. The van der Waals surface area contributed by atoms with Crippen LogP contribution >= 0.6 is 0 Å². The van der Waals surface area contributed by atoms with E-state index < -0.39 is 11.6 Å². The number of carbonyl (C=O) groups excluding carboxylic acids is 1. The summed E-state index contributed by atoms with van der Waals surface area (Å²) in [6.45, 7) is 4.70. The van der Waals surface area contributed by atoms with Gasteiger partial charge in [-0.3, -0.25) is 4.79 Å². The van der Waals surface area contributed by atoms with Crippen LogP contribution in [0, 0.1) is 29.1 Å². The molecule has 0 unspecified atom stereocenters. The number of hydrogen-bond donors (Lipinski definition) is 2. The average molecular weight is 550 g/mol. The highest BCUT2D eigenvalue weighted by molar-refractivity contribution is 5.93. The first-order valence-corrected chi connectivity index (χ1v) is 14.9. The van der Waals surface area contributed by atoms with Crippen LogP contribution in [0.2, 0.25) is 0 Å². The van der Waals surface area contributed by atoms with Crippen LogP contribution < -0.4 is 4.90 Å². The Morgan fingerprint density at radius 1 is 1.10 bits per heavy atom. The molecule has 0 bridgehead atoms. The highest BCUT2D eigenvalue weighted by Gasteiger charge is 2.62. The minimum atomic E-state index is -0.982. The van der Waals surface area contributed by atoms with Crippen LogP contribution in [-0.4, -0.2) is 34.6 Å². The van der Waals surface area contributed by atoms with E-state index in [4.69, 9.17) is 0 Å². The van der Waals surface area contributed by atoms with Crippen molar-refractivity contribution in [2.24, 2.45) is 17.3 Å². The molecular weight excluding hydrogens is 510 g/mol. The van der Waals surface area contributed by atoms with Crippen LogP contribution in [0.5, 0.6) is 0 Å². The third-order valence-electron chi connectivity index (χ3n) is 10.5. The first-order valence-electron chi connectivity index (χ1n) is 14.9. The number of carboxylic acid groups (broad SMARTS) is 1. The molecule has 4 aliphatic carbocycles. The van der Waals surface area contributed by atoms with E-state index in [1.807, 2.05) is 26.1 Å². The van der Waals surface area contributed by atoms with Gasteiger partial charge in [-0.15, -0.1) is 5.92 Å². The zero-order valence-electron chi connectivity index (χ0n) is 24.2. The Morgan fingerprint density at radius 3 is 2.61 bits per heavy atom. The van der Waals surface area contributed by atoms with Gasteiger partial charge in [-0.2, -0.15) is 0 Å². The van der Waals surface area contributed by atoms with E-state index in [2.05, 4.69) is 47.9 Å². The second-order valence-corrected chi connectivity index (χ2v) is 12.7. The Balaban J connectivity index is 1.36. The number of allylic oxidation sites excluding steroid dienone is 4. The summed E-state index contributed by atoms with van der Waals surface area (Å²) in [7, 11) is 2.02. The summed E-state index contributed by atoms with van der Waals surface area (Å²) in [5.41, 5.74) is 6.43. The Hall–Kier alpha value is -3.62. The number of carbonyl (C=O) groups is 2. The van der Waals surface area contributed by atoms with E-state index in [0.717, 1.165) is 49.8 Å². The standard InChI is InChI=1S/C36H39NO4/c1-4-17-36(41)18-16-32-30-14-10-25-20-28(38)13-15-29(25)33(30)31(21-35(32,36)2)24-8-11-27(12-9-24)37(3)22-23-6-5-7-26(19-23)34(39)40/h5-9,11-12,19-20,30-32,41H,10,13-16,18,21-22H2,1-3H3,(H,39,40)/t30-,31+,32-,35-,36-/m0/s1. The fourth-order valence-electron chi connectivity index (χ4n) is 8.51. The number of aromatic carboxylic acids is 1. The molecule has 0 heterocycles. The molecule has 0 aliphatic heterocycles. The van der Waals surface area contributed by atoms with Crippen molar-refractivity contribution >= 4 is 17.4 Å². The van der Waals surface area contributed by atoms with Crippen molar-refractivity contribution < 1.29 is 19.8 Å². The maximum Gasteiger partial charge on any atom is 0.335 e. The zero-order chi connectivity index (χ0) is 28.9. The minimum absolute atomic E-state index is 0.169. The third kappa shape index (κ3) is 4.63. The Bertz CT molecular complexity index is 1520. The Labute approximate surface area is 243 Å². The van der Waals surface area contributed by atoms with Gasteiger partial charge >= 0.3 is 5.97 Å². The molecule has 5 atom stereocenters. The van der Waals surface area contributed by atoms with Gasteiger partial charge in [0.15, 0.2) is 5.78 Å². The van der Waals surface area contributed by atoms with Crippen LogP contribution in [0.25, 0.3) is 0 Å². The summed E-state index contributed by atoms with van der Waals surface area (Å²) in [6.07, 6.45) is 7.83. The van der Waals surface area contributed by atoms with Gasteiger partial charge in [-0.25, -0.2) is 4.79 Å². The number of fused-ring (bicyclic) bond motifs is 4. The van der Waals surface area contributed by atoms with E-state index in [-0.39, 0.29) is 17.1 Å². The topological polar surface area (TPSA) is 77.8 Å². The summed E-state index contributed by atoms with van der Waals surface area (Å²) in [6, 6.07) is 15.8. The first kappa shape index (κ1) is 27.5. The normalized spacial score (nSPS) is 30.4. The molecule has 5 nitrogen and oxygen atoms in total. The van der Waals surface area contributed by atoms with Crippen molar-refractivity contribution in [2.75, 3.05) is 11.9 Å². The van der Waals surface area contributed by atoms with Crippen molar-refractivity contribution in [3.05, 3.63) is 88.0 Å². The number of rotatable bonds is 5. The number of nitrogens with zero attached hydrogens (tertiary/aromatic N) is 1. The molecule has 0 aromatic heterocycles. The van der Waals surface area contributed by atoms with Crippen molar-refractivity contribution in [1.29, 1.82) is 0 Å². The number of benzene rings is 2. The highest BCUT2D eigenvalue weighted by atomic mass is 16.4. The van der Waals surface area contributed by atoms with Gasteiger partial charge in [0.1, 0.15) is 5.60 Å². The van der Waals surface area contributed by atoms with Gasteiger partial charge in [-0.05, 0) is 110 Å². The van der Waals surface area contributed by atoms with Gasteiger partial charge in [0, 0.05) is 37.0 Å². The molecular formula is C36H39NO4. The molecule has 212 valence electrons.